The molecule has 0 spiro atoms. The van der Waals surface area contributed by atoms with E-state index in [4.69, 9.17) is 5.73 Å². The summed E-state index contributed by atoms with van der Waals surface area (Å²) in [7, 11) is 1.82. The highest BCUT2D eigenvalue weighted by Crippen LogP contribution is 2.20. The molecule has 162 valence electrons. The van der Waals surface area contributed by atoms with Gasteiger partial charge in [-0.25, -0.2) is 0 Å². The normalized spacial score (nSPS) is 17.2. The van der Waals surface area contributed by atoms with Gasteiger partial charge in [0.05, 0.1) is 0 Å². The van der Waals surface area contributed by atoms with Gasteiger partial charge in [0, 0.05) is 36.8 Å². The summed E-state index contributed by atoms with van der Waals surface area (Å²) in [6, 6.07) is 8.17. The Labute approximate surface area is 181 Å². The maximum absolute atomic E-state index is 13.1. The Morgan fingerprint density at radius 2 is 2.07 bits per heavy atom. The molecule has 0 bridgehead atoms. The van der Waals surface area contributed by atoms with Crippen LogP contribution in [0.3, 0.4) is 0 Å². The number of amides is 3. The Kier molecular flexibility index (Phi) is 7.38. The van der Waals surface area contributed by atoms with Crippen LogP contribution in [0.1, 0.15) is 29.8 Å². The predicted octanol–water partition coefficient (Wildman–Crippen LogP) is 0.663. The number of nitrogens with one attached hydrogen (secondary N) is 2. The molecular weight excluding hydrogens is 402 g/mol. The molecule has 1 aliphatic heterocycles. The van der Waals surface area contributed by atoms with E-state index in [1.54, 1.807) is 15.5 Å². The van der Waals surface area contributed by atoms with Crippen LogP contribution in [0.25, 0.3) is 10.9 Å². The Hall–Kier alpha value is -2.52. The molecule has 2 aromatic rings. The summed E-state index contributed by atoms with van der Waals surface area (Å²) < 4.78 is 1.80. The van der Waals surface area contributed by atoms with Crippen LogP contribution in [0.5, 0.6) is 0 Å². The fourth-order valence-electron chi connectivity index (χ4n) is 3.86. The quantitative estimate of drug-likeness (QED) is 0.364. The predicted molar refractivity (Wildman–Crippen MR) is 119 cm³/mol. The van der Waals surface area contributed by atoms with Gasteiger partial charge >= 0.3 is 0 Å². The van der Waals surface area contributed by atoms with Gasteiger partial charge in [-0.3, -0.25) is 14.4 Å². The molecule has 4 N–H and O–H groups in total. The van der Waals surface area contributed by atoms with E-state index >= 15 is 0 Å². The molecule has 1 aromatic carbocycles. The molecule has 1 aliphatic rings. The summed E-state index contributed by atoms with van der Waals surface area (Å²) in [6.45, 7) is 1.47. The fraction of sp³-hybridized carbons (Fsp3) is 0.476. The van der Waals surface area contributed by atoms with E-state index in [1.807, 2.05) is 31.3 Å². The second-order valence-electron chi connectivity index (χ2n) is 7.48. The smallest absolute Gasteiger partial charge is 0.268 e. The topological polar surface area (TPSA) is 109 Å². The molecule has 1 saturated heterocycles. The first-order chi connectivity index (χ1) is 14.5. The van der Waals surface area contributed by atoms with Gasteiger partial charge in [-0.05, 0) is 37.9 Å². The molecule has 3 amide bonds. The second kappa shape index (κ2) is 9.99. The van der Waals surface area contributed by atoms with Crippen LogP contribution in [-0.4, -0.2) is 64.7 Å². The third-order valence-corrected chi connectivity index (χ3v) is 5.85. The molecule has 1 aromatic heterocycles. The minimum Gasteiger partial charge on any atom is -0.354 e. The van der Waals surface area contributed by atoms with Crippen LogP contribution in [0.2, 0.25) is 0 Å². The van der Waals surface area contributed by atoms with Crippen LogP contribution in [-0.2, 0) is 16.6 Å². The van der Waals surface area contributed by atoms with Gasteiger partial charge < -0.3 is 25.8 Å². The monoisotopic (exact) mass is 431 g/mol. The number of likely N-dealkylation sites (tertiary alicyclic amines) is 1. The average Bonchev–Trinajstić information content (AvgIpc) is 3.37. The van der Waals surface area contributed by atoms with Gasteiger partial charge in [0.1, 0.15) is 17.8 Å². The number of nitrogens with zero attached hydrogens (tertiary/aromatic N) is 2. The van der Waals surface area contributed by atoms with E-state index < -0.39 is 12.1 Å². The highest BCUT2D eigenvalue weighted by Gasteiger charge is 2.37. The van der Waals surface area contributed by atoms with Gasteiger partial charge in [-0.1, -0.05) is 18.2 Å². The molecule has 2 atom stereocenters. The van der Waals surface area contributed by atoms with E-state index in [2.05, 4.69) is 23.3 Å². The molecule has 8 nitrogen and oxygen atoms in total. The lowest BCUT2D eigenvalue weighted by atomic mass is 10.2. The Balaban J connectivity index is 1.70. The number of benzene rings is 1. The highest BCUT2D eigenvalue weighted by molar-refractivity contribution is 7.80. The van der Waals surface area contributed by atoms with Crippen LogP contribution in [0.15, 0.2) is 30.3 Å². The van der Waals surface area contributed by atoms with E-state index in [1.165, 1.54) is 0 Å². The number of nitrogens with two attached hydrogens (primary N) is 1. The third-order valence-electron chi connectivity index (χ3n) is 5.49. The van der Waals surface area contributed by atoms with Crippen molar-refractivity contribution in [1.82, 2.24) is 20.1 Å². The zero-order chi connectivity index (χ0) is 21.7. The number of carbonyl (C=O) groups is 3. The number of para-hydroxylation sites is 1. The minimum absolute atomic E-state index is 0.145. The largest absolute Gasteiger partial charge is 0.354 e. The van der Waals surface area contributed by atoms with E-state index in [0.29, 0.717) is 38.2 Å². The SMILES string of the molecule is Cn1c(C(=O)N[C@@H](CS)C(=O)N2CCC[C@H]2C(=O)NCCCN)cc2ccccc21. The number of hydrogen-bond donors (Lipinski definition) is 4. The van der Waals surface area contributed by atoms with Crippen LogP contribution in [0.4, 0.5) is 0 Å². The Morgan fingerprint density at radius 3 is 2.77 bits per heavy atom. The van der Waals surface area contributed by atoms with Crippen LogP contribution in [0, 0.1) is 0 Å². The highest BCUT2D eigenvalue weighted by atomic mass is 32.1. The number of aryl methyl sites for hydroxylation is 1. The van der Waals surface area contributed by atoms with Crippen molar-refractivity contribution in [2.24, 2.45) is 12.8 Å². The zero-order valence-electron chi connectivity index (χ0n) is 17.1. The zero-order valence-corrected chi connectivity index (χ0v) is 18.0. The van der Waals surface area contributed by atoms with Gasteiger partial charge in [0.15, 0.2) is 0 Å². The van der Waals surface area contributed by atoms with Crippen molar-refractivity contribution in [2.75, 3.05) is 25.4 Å². The summed E-state index contributed by atoms with van der Waals surface area (Å²) in [5.41, 5.74) is 6.87. The lowest BCUT2D eigenvalue weighted by molar-refractivity contribution is -0.139. The molecular formula is C21H29N5O3S. The van der Waals surface area contributed by atoms with Crippen LogP contribution < -0.4 is 16.4 Å². The van der Waals surface area contributed by atoms with Crippen molar-refractivity contribution in [2.45, 2.75) is 31.3 Å². The first-order valence-corrected chi connectivity index (χ1v) is 10.9. The molecule has 2 heterocycles. The Bertz CT molecular complexity index is 929. The number of fused-ring (bicyclic) bond motifs is 1. The number of thiol groups is 1. The first kappa shape index (κ1) is 22.2. The molecule has 30 heavy (non-hydrogen) atoms. The molecule has 9 heteroatoms. The first-order valence-electron chi connectivity index (χ1n) is 10.2. The van der Waals surface area contributed by atoms with Crippen molar-refractivity contribution in [3.05, 3.63) is 36.0 Å². The molecule has 3 rings (SSSR count). The molecule has 1 fully saturated rings. The summed E-state index contributed by atoms with van der Waals surface area (Å²) in [5.74, 6) is -0.656. The second-order valence-corrected chi connectivity index (χ2v) is 7.84. The van der Waals surface area contributed by atoms with Crippen molar-refractivity contribution >= 4 is 41.3 Å². The van der Waals surface area contributed by atoms with E-state index in [0.717, 1.165) is 17.3 Å². The standard InChI is InChI=1S/C21H29N5O3S/c1-25-16-7-3-2-6-14(16)12-18(25)20(28)24-15(13-30)21(29)26-11-4-8-17(26)19(27)23-10-5-9-22/h2-3,6-7,12,15,17,30H,4-5,8-11,13,22H2,1H3,(H,23,27)(H,24,28)/t15-,17-/m0/s1. The van der Waals surface area contributed by atoms with E-state index in [-0.39, 0.29) is 23.5 Å². The van der Waals surface area contributed by atoms with E-state index in [9.17, 15) is 14.4 Å². The summed E-state index contributed by atoms with van der Waals surface area (Å²) in [5, 5.41) is 6.58. The molecule has 0 radical (unpaired) electrons. The van der Waals surface area contributed by atoms with Gasteiger partial charge in [0.2, 0.25) is 11.8 Å². The fourth-order valence-corrected chi connectivity index (χ4v) is 4.11. The molecule has 0 aliphatic carbocycles. The maximum Gasteiger partial charge on any atom is 0.268 e. The molecule has 0 unspecified atom stereocenters. The molecule has 0 saturated carbocycles. The van der Waals surface area contributed by atoms with Gasteiger partial charge in [-0.2, -0.15) is 12.6 Å². The minimum atomic E-state index is -0.809. The number of carbonyl (C=O) groups excluding carboxylic acids is 3. The lowest BCUT2D eigenvalue weighted by Gasteiger charge is -2.28. The number of hydrogen-bond acceptors (Lipinski definition) is 5. The van der Waals surface area contributed by atoms with Gasteiger partial charge in [0.25, 0.3) is 5.91 Å². The Morgan fingerprint density at radius 1 is 1.30 bits per heavy atom. The average molecular weight is 432 g/mol. The van der Waals surface area contributed by atoms with Crippen molar-refractivity contribution in [1.29, 1.82) is 0 Å². The third kappa shape index (κ3) is 4.62. The number of rotatable bonds is 8. The maximum atomic E-state index is 13.1. The summed E-state index contributed by atoms with van der Waals surface area (Å²) in [4.78, 5) is 40.0. The van der Waals surface area contributed by atoms with Crippen LogP contribution >= 0.6 is 12.6 Å². The van der Waals surface area contributed by atoms with Crippen molar-refractivity contribution < 1.29 is 14.4 Å². The summed E-state index contributed by atoms with van der Waals surface area (Å²) in [6.07, 6.45) is 2.04. The van der Waals surface area contributed by atoms with Crippen molar-refractivity contribution in [3.63, 3.8) is 0 Å². The number of aromatic nitrogens is 1. The van der Waals surface area contributed by atoms with Crippen molar-refractivity contribution in [3.8, 4) is 0 Å². The summed E-state index contributed by atoms with van der Waals surface area (Å²) >= 11 is 4.28. The lowest BCUT2D eigenvalue weighted by Crippen LogP contribution is -2.54. The van der Waals surface area contributed by atoms with Gasteiger partial charge in [-0.15, -0.1) is 0 Å².